The lowest BCUT2D eigenvalue weighted by molar-refractivity contribution is 0.374. The first-order valence-electron chi connectivity index (χ1n) is 6.17. The van der Waals surface area contributed by atoms with Crippen molar-refractivity contribution in [3.63, 3.8) is 0 Å². The summed E-state index contributed by atoms with van der Waals surface area (Å²) < 4.78 is 5.44. The number of rotatable bonds is 5. The number of hydrogen-bond acceptors (Lipinski definition) is 2. The first-order valence-corrected chi connectivity index (χ1v) is 6.17. The van der Waals surface area contributed by atoms with Crippen molar-refractivity contribution in [1.29, 1.82) is 0 Å². The fraction of sp³-hybridized carbons (Fsp3) is 0.692. The van der Waals surface area contributed by atoms with Crippen molar-refractivity contribution in [2.45, 2.75) is 45.1 Å². The predicted octanol–water partition coefficient (Wildman–Crippen LogP) is 3.51. The Morgan fingerprint density at radius 1 is 1.47 bits per heavy atom. The Balaban J connectivity index is 1.80. The lowest BCUT2D eigenvalue weighted by atomic mass is 10.1. The SMILES string of the molecule is CCC(NCC1CCCC1)c1ccco1. The Hall–Kier alpha value is -0.760. The largest absolute Gasteiger partial charge is 0.468 e. The first-order chi connectivity index (χ1) is 7.40. The van der Waals surface area contributed by atoms with Gasteiger partial charge in [-0.15, -0.1) is 0 Å². The third-order valence-electron chi connectivity index (χ3n) is 3.42. The molecule has 0 aliphatic heterocycles. The summed E-state index contributed by atoms with van der Waals surface area (Å²) >= 11 is 0. The molecule has 1 atom stereocenters. The maximum absolute atomic E-state index is 5.44. The Labute approximate surface area is 92.1 Å². The molecule has 84 valence electrons. The van der Waals surface area contributed by atoms with Crippen LogP contribution in [0.1, 0.15) is 50.8 Å². The van der Waals surface area contributed by atoms with E-state index in [1.54, 1.807) is 6.26 Å². The van der Waals surface area contributed by atoms with Gasteiger partial charge in [-0.3, -0.25) is 0 Å². The van der Waals surface area contributed by atoms with Crippen LogP contribution in [0, 0.1) is 5.92 Å². The van der Waals surface area contributed by atoms with E-state index < -0.39 is 0 Å². The van der Waals surface area contributed by atoms with Gasteiger partial charge < -0.3 is 9.73 Å². The van der Waals surface area contributed by atoms with Gasteiger partial charge in [-0.25, -0.2) is 0 Å². The lowest BCUT2D eigenvalue weighted by Gasteiger charge is -2.17. The second-order valence-electron chi connectivity index (χ2n) is 4.53. The summed E-state index contributed by atoms with van der Waals surface area (Å²) in [6.07, 6.45) is 8.51. The summed E-state index contributed by atoms with van der Waals surface area (Å²) in [4.78, 5) is 0. The molecule has 2 nitrogen and oxygen atoms in total. The van der Waals surface area contributed by atoms with Gasteiger partial charge in [0.2, 0.25) is 0 Å². The monoisotopic (exact) mass is 207 g/mol. The van der Waals surface area contributed by atoms with Gasteiger partial charge in [-0.1, -0.05) is 19.8 Å². The minimum Gasteiger partial charge on any atom is -0.468 e. The third kappa shape index (κ3) is 2.85. The van der Waals surface area contributed by atoms with Crippen molar-refractivity contribution in [2.24, 2.45) is 5.92 Å². The molecule has 0 bridgehead atoms. The van der Waals surface area contributed by atoms with E-state index >= 15 is 0 Å². The van der Waals surface area contributed by atoms with Crippen molar-refractivity contribution >= 4 is 0 Å². The summed E-state index contributed by atoms with van der Waals surface area (Å²) in [5, 5.41) is 3.62. The van der Waals surface area contributed by atoms with Crippen molar-refractivity contribution < 1.29 is 4.42 Å². The molecule has 1 unspecified atom stereocenters. The van der Waals surface area contributed by atoms with E-state index in [1.165, 1.54) is 25.7 Å². The Bertz CT molecular complexity index is 262. The maximum Gasteiger partial charge on any atom is 0.120 e. The Morgan fingerprint density at radius 2 is 2.27 bits per heavy atom. The van der Waals surface area contributed by atoms with Crippen LogP contribution in [0.2, 0.25) is 0 Å². The van der Waals surface area contributed by atoms with Gasteiger partial charge in [-0.05, 0) is 43.9 Å². The molecule has 1 fully saturated rings. The second kappa shape index (κ2) is 5.36. The molecule has 1 aliphatic carbocycles. The zero-order valence-corrected chi connectivity index (χ0v) is 9.54. The molecule has 0 radical (unpaired) electrons. The van der Waals surface area contributed by atoms with E-state index in [-0.39, 0.29) is 0 Å². The van der Waals surface area contributed by atoms with Crippen molar-refractivity contribution in [3.8, 4) is 0 Å². The average molecular weight is 207 g/mol. The molecule has 0 amide bonds. The number of hydrogen-bond donors (Lipinski definition) is 1. The fourth-order valence-electron chi connectivity index (χ4n) is 2.46. The molecule has 1 aliphatic rings. The van der Waals surface area contributed by atoms with Gasteiger partial charge in [0.05, 0.1) is 12.3 Å². The summed E-state index contributed by atoms with van der Waals surface area (Å²) in [6.45, 7) is 3.36. The topological polar surface area (TPSA) is 25.2 Å². The zero-order chi connectivity index (χ0) is 10.5. The van der Waals surface area contributed by atoms with Crippen LogP contribution >= 0.6 is 0 Å². The molecule has 2 rings (SSSR count). The van der Waals surface area contributed by atoms with Crippen LogP contribution in [0.15, 0.2) is 22.8 Å². The van der Waals surface area contributed by atoms with Crippen molar-refractivity contribution in [2.75, 3.05) is 6.54 Å². The molecule has 1 saturated carbocycles. The Kier molecular flexibility index (Phi) is 3.84. The van der Waals surface area contributed by atoms with Crippen LogP contribution in [-0.4, -0.2) is 6.54 Å². The molecule has 2 heteroatoms. The van der Waals surface area contributed by atoms with Gasteiger partial charge in [0.25, 0.3) is 0 Å². The molecule has 1 aromatic rings. The third-order valence-corrected chi connectivity index (χ3v) is 3.42. The Morgan fingerprint density at radius 3 is 2.87 bits per heavy atom. The van der Waals surface area contributed by atoms with Gasteiger partial charge >= 0.3 is 0 Å². The van der Waals surface area contributed by atoms with E-state index in [2.05, 4.69) is 18.3 Å². The summed E-state index contributed by atoms with van der Waals surface area (Å²) in [6, 6.07) is 4.44. The molecule has 15 heavy (non-hydrogen) atoms. The van der Waals surface area contributed by atoms with Gasteiger partial charge in [0.1, 0.15) is 5.76 Å². The highest BCUT2D eigenvalue weighted by molar-refractivity contribution is 5.04. The summed E-state index contributed by atoms with van der Waals surface area (Å²) in [5.41, 5.74) is 0. The van der Waals surface area contributed by atoms with E-state index in [0.717, 1.165) is 24.6 Å². The molecule has 1 heterocycles. The van der Waals surface area contributed by atoms with Crippen LogP contribution in [0.3, 0.4) is 0 Å². The lowest BCUT2D eigenvalue weighted by Crippen LogP contribution is -2.25. The standard InChI is InChI=1S/C13H21NO/c1-2-12(13-8-5-9-15-13)14-10-11-6-3-4-7-11/h5,8-9,11-12,14H,2-4,6-7,10H2,1H3. The predicted molar refractivity (Wildman–Crippen MR) is 61.7 cm³/mol. The minimum absolute atomic E-state index is 0.403. The number of furan rings is 1. The molecular formula is C13H21NO. The van der Waals surface area contributed by atoms with E-state index in [4.69, 9.17) is 4.42 Å². The smallest absolute Gasteiger partial charge is 0.120 e. The molecule has 0 saturated heterocycles. The molecule has 0 aromatic carbocycles. The van der Waals surface area contributed by atoms with Gasteiger partial charge in [0, 0.05) is 0 Å². The molecule has 1 aromatic heterocycles. The first kappa shape index (κ1) is 10.7. The highest BCUT2D eigenvalue weighted by Gasteiger charge is 2.17. The maximum atomic E-state index is 5.44. The second-order valence-corrected chi connectivity index (χ2v) is 4.53. The van der Waals surface area contributed by atoms with Crippen LogP contribution in [-0.2, 0) is 0 Å². The highest BCUT2D eigenvalue weighted by Crippen LogP contribution is 2.25. The quantitative estimate of drug-likeness (QED) is 0.799. The van der Waals surface area contributed by atoms with Crippen LogP contribution < -0.4 is 5.32 Å². The van der Waals surface area contributed by atoms with Crippen molar-refractivity contribution in [1.82, 2.24) is 5.32 Å². The van der Waals surface area contributed by atoms with Crippen molar-refractivity contribution in [3.05, 3.63) is 24.2 Å². The van der Waals surface area contributed by atoms with E-state index in [0.29, 0.717) is 6.04 Å². The summed E-state index contributed by atoms with van der Waals surface area (Å²) in [7, 11) is 0. The normalized spacial score (nSPS) is 19.5. The van der Waals surface area contributed by atoms with Gasteiger partial charge in [0.15, 0.2) is 0 Å². The average Bonchev–Trinajstić information content (AvgIpc) is 2.90. The van der Waals surface area contributed by atoms with Gasteiger partial charge in [-0.2, -0.15) is 0 Å². The van der Waals surface area contributed by atoms with E-state index in [9.17, 15) is 0 Å². The van der Waals surface area contributed by atoms with Crippen LogP contribution in [0.4, 0.5) is 0 Å². The van der Waals surface area contributed by atoms with Crippen LogP contribution in [0.5, 0.6) is 0 Å². The van der Waals surface area contributed by atoms with Crippen LogP contribution in [0.25, 0.3) is 0 Å². The van der Waals surface area contributed by atoms with E-state index in [1.807, 2.05) is 6.07 Å². The molecule has 1 N–H and O–H groups in total. The number of nitrogens with one attached hydrogen (secondary N) is 1. The highest BCUT2D eigenvalue weighted by atomic mass is 16.3. The molecule has 0 spiro atoms. The zero-order valence-electron chi connectivity index (χ0n) is 9.54. The molecular weight excluding hydrogens is 186 g/mol. The fourth-order valence-corrected chi connectivity index (χ4v) is 2.46. The minimum atomic E-state index is 0.403. The summed E-state index contributed by atoms with van der Waals surface area (Å²) in [5.74, 6) is 1.98.